The van der Waals surface area contributed by atoms with E-state index < -0.39 is 0 Å². The molecule has 2 rings (SSSR count). The maximum Gasteiger partial charge on any atom is 0.0424 e. The molecule has 2 N–H and O–H groups in total. The van der Waals surface area contributed by atoms with E-state index in [0.717, 1.165) is 12.6 Å². The van der Waals surface area contributed by atoms with Crippen molar-refractivity contribution in [3.05, 3.63) is 35.4 Å². The molecule has 2 nitrogen and oxygen atoms in total. The van der Waals surface area contributed by atoms with Gasteiger partial charge in [-0.15, -0.1) is 0 Å². The Morgan fingerprint density at radius 1 is 1.10 bits per heavy atom. The quantitative estimate of drug-likeness (QED) is 0.852. The van der Waals surface area contributed by atoms with Gasteiger partial charge < -0.3 is 5.73 Å². The van der Waals surface area contributed by atoms with Crippen LogP contribution in [0.5, 0.6) is 0 Å². The molecule has 1 atom stereocenters. The Balaban J connectivity index is 2.00. The first-order valence-electron chi connectivity index (χ1n) is 8.12. The van der Waals surface area contributed by atoms with Gasteiger partial charge in [0.25, 0.3) is 0 Å². The van der Waals surface area contributed by atoms with E-state index in [-0.39, 0.29) is 6.04 Å². The van der Waals surface area contributed by atoms with Gasteiger partial charge in [-0.2, -0.15) is 0 Å². The molecule has 0 saturated heterocycles. The summed E-state index contributed by atoms with van der Waals surface area (Å²) in [6.07, 6.45) is 5.48. The summed E-state index contributed by atoms with van der Waals surface area (Å²) < 4.78 is 0. The van der Waals surface area contributed by atoms with Gasteiger partial charge in [-0.3, -0.25) is 4.90 Å². The molecule has 0 heterocycles. The summed E-state index contributed by atoms with van der Waals surface area (Å²) in [7, 11) is 0. The molecule has 0 aromatic heterocycles. The zero-order valence-electron chi connectivity index (χ0n) is 13.3. The second kappa shape index (κ2) is 7.24. The predicted octanol–water partition coefficient (Wildman–Crippen LogP) is 3.90. The molecule has 1 aromatic rings. The van der Waals surface area contributed by atoms with E-state index in [4.69, 9.17) is 5.73 Å². The third kappa shape index (κ3) is 4.32. The highest BCUT2D eigenvalue weighted by molar-refractivity contribution is 5.24. The Morgan fingerprint density at radius 3 is 2.25 bits per heavy atom. The standard InChI is InChI=1S/C18H30N2/c1-14(2)12-20(17-6-4-5-7-17)13-18(19)16-10-8-15(3)9-11-16/h8-11,14,17-18H,4-7,12-13,19H2,1-3H3. The molecule has 0 bridgehead atoms. The van der Waals surface area contributed by atoms with Gasteiger partial charge in [0.05, 0.1) is 0 Å². The van der Waals surface area contributed by atoms with Crippen LogP contribution in [-0.2, 0) is 0 Å². The van der Waals surface area contributed by atoms with Crippen molar-refractivity contribution in [2.24, 2.45) is 11.7 Å². The van der Waals surface area contributed by atoms with Gasteiger partial charge >= 0.3 is 0 Å². The van der Waals surface area contributed by atoms with Crippen LogP contribution in [0, 0.1) is 12.8 Å². The van der Waals surface area contributed by atoms with Crippen LogP contribution in [0.25, 0.3) is 0 Å². The molecule has 0 amide bonds. The van der Waals surface area contributed by atoms with Crippen LogP contribution in [0.4, 0.5) is 0 Å². The third-order valence-electron chi connectivity index (χ3n) is 4.38. The zero-order valence-corrected chi connectivity index (χ0v) is 13.3. The second-order valence-corrected chi connectivity index (χ2v) is 6.80. The van der Waals surface area contributed by atoms with Crippen molar-refractivity contribution in [1.82, 2.24) is 4.90 Å². The van der Waals surface area contributed by atoms with Crippen LogP contribution >= 0.6 is 0 Å². The van der Waals surface area contributed by atoms with Gasteiger partial charge in [0, 0.05) is 25.2 Å². The monoisotopic (exact) mass is 274 g/mol. The van der Waals surface area contributed by atoms with Crippen LogP contribution in [-0.4, -0.2) is 24.0 Å². The van der Waals surface area contributed by atoms with E-state index in [2.05, 4.69) is 49.9 Å². The lowest BCUT2D eigenvalue weighted by Gasteiger charge is -2.32. The molecule has 20 heavy (non-hydrogen) atoms. The molecular formula is C18H30N2. The molecular weight excluding hydrogens is 244 g/mol. The normalized spacial score (nSPS) is 18.1. The maximum atomic E-state index is 6.45. The largest absolute Gasteiger partial charge is 0.323 e. The van der Waals surface area contributed by atoms with Crippen molar-refractivity contribution in [3.63, 3.8) is 0 Å². The van der Waals surface area contributed by atoms with Gasteiger partial charge in [0.15, 0.2) is 0 Å². The van der Waals surface area contributed by atoms with Crippen LogP contribution < -0.4 is 5.73 Å². The van der Waals surface area contributed by atoms with E-state index in [9.17, 15) is 0 Å². The fraction of sp³-hybridized carbons (Fsp3) is 0.667. The van der Waals surface area contributed by atoms with Gasteiger partial charge in [-0.1, -0.05) is 56.5 Å². The Bertz CT molecular complexity index is 390. The van der Waals surface area contributed by atoms with E-state index in [0.29, 0.717) is 5.92 Å². The van der Waals surface area contributed by atoms with Crippen molar-refractivity contribution in [3.8, 4) is 0 Å². The van der Waals surface area contributed by atoms with Crippen molar-refractivity contribution in [2.75, 3.05) is 13.1 Å². The minimum atomic E-state index is 0.134. The first-order chi connectivity index (χ1) is 9.56. The van der Waals surface area contributed by atoms with Crippen molar-refractivity contribution in [1.29, 1.82) is 0 Å². The van der Waals surface area contributed by atoms with Crippen LogP contribution in [0.1, 0.15) is 56.7 Å². The highest BCUT2D eigenvalue weighted by atomic mass is 15.2. The Labute approximate surface area is 124 Å². The average molecular weight is 274 g/mol. The van der Waals surface area contributed by atoms with Gasteiger partial charge in [-0.25, -0.2) is 0 Å². The molecule has 2 heteroatoms. The average Bonchev–Trinajstić information content (AvgIpc) is 2.92. The molecule has 1 aliphatic rings. The Hall–Kier alpha value is -0.860. The summed E-state index contributed by atoms with van der Waals surface area (Å²) in [6.45, 7) is 8.90. The van der Waals surface area contributed by atoms with Gasteiger partial charge in [-0.05, 0) is 31.2 Å². The number of nitrogens with zero attached hydrogens (tertiary/aromatic N) is 1. The number of aryl methyl sites for hydroxylation is 1. The highest BCUT2D eigenvalue weighted by Gasteiger charge is 2.24. The van der Waals surface area contributed by atoms with E-state index in [1.807, 2.05) is 0 Å². The minimum Gasteiger partial charge on any atom is -0.323 e. The summed E-state index contributed by atoms with van der Waals surface area (Å²) >= 11 is 0. The molecule has 0 radical (unpaired) electrons. The Morgan fingerprint density at radius 2 is 1.70 bits per heavy atom. The minimum absolute atomic E-state index is 0.134. The van der Waals surface area contributed by atoms with E-state index in [1.165, 1.54) is 43.4 Å². The van der Waals surface area contributed by atoms with E-state index in [1.54, 1.807) is 0 Å². The lowest BCUT2D eigenvalue weighted by molar-refractivity contribution is 0.167. The van der Waals surface area contributed by atoms with Gasteiger partial charge in [0.1, 0.15) is 0 Å². The zero-order chi connectivity index (χ0) is 14.5. The molecule has 1 aliphatic carbocycles. The predicted molar refractivity (Wildman–Crippen MR) is 86.8 cm³/mol. The number of nitrogens with two attached hydrogens (primary N) is 1. The summed E-state index contributed by atoms with van der Waals surface area (Å²) in [4.78, 5) is 2.64. The molecule has 0 aliphatic heterocycles. The topological polar surface area (TPSA) is 29.3 Å². The number of hydrogen-bond acceptors (Lipinski definition) is 2. The van der Waals surface area contributed by atoms with Crippen LogP contribution in [0.15, 0.2) is 24.3 Å². The van der Waals surface area contributed by atoms with Crippen molar-refractivity contribution in [2.45, 2.75) is 58.5 Å². The molecule has 1 fully saturated rings. The summed E-state index contributed by atoms with van der Waals surface area (Å²) in [5.41, 5.74) is 9.02. The molecule has 0 spiro atoms. The lowest BCUT2D eigenvalue weighted by Crippen LogP contribution is -2.41. The number of benzene rings is 1. The van der Waals surface area contributed by atoms with Crippen LogP contribution in [0.2, 0.25) is 0 Å². The van der Waals surface area contributed by atoms with Crippen molar-refractivity contribution < 1.29 is 0 Å². The fourth-order valence-corrected chi connectivity index (χ4v) is 3.28. The first-order valence-corrected chi connectivity index (χ1v) is 8.12. The van der Waals surface area contributed by atoms with E-state index >= 15 is 0 Å². The molecule has 1 saturated carbocycles. The van der Waals surface area contributed by atoms with Crippen LogP contribution in [0.3, 0.4) is 0 Å². The summed E-state index contributed by atoms with van der Waals surface area (Å²) in [5.74, 6) is 0.709. The molecule has 1 aromatic carbocycles. The smallest absolute Gasteiger partial charge is 0.0424 e. The SMILES string of the molecule is Cc1ccc(C(N)CN(CC(C)C)C2CCCC2)cc1. The molecule has 1 unspecified atom stereocenters. The van der Waals surface area contributed by atoms with Gasteiger partial charge in [0.2, 0.25) is 0 Å². The summed E-state index contributed by atoms with van der Waals surface area (Å²) in [6, 6.07) is 9.59. The second-order valence-electron chi connectivity index (χ2n) is 6.80. The maximum absolute atomic E-state index is 6.45. The molecule has 112 valence electrons. The first kappa shape index (κ1) is 15.5. The number of rotatable bonds is 6. The lowest BCUT2D eigenvalue weighted by atomic mass is 10.0. The number of hydrogen-bond donors (Lipinski definition) is 1. The highest BCUT2D eigenvalue weighted by Crippen LogP contribution is 2.26. The summed E-state index contributed by atoms with van der Waals surface area (Å²) in [5, 5.41) is 0. The fourth-order valence-electron chi connectivity index (χ4n) is 3.28. The Kier molecular flexibility index (Phi) is 5.62. The van der Waals surface area contributed by atoms with Crippen molar-refractivity contribution >= 4 is 0 Å². The third-order valence-corrected chi connectivity index (χ3v) is 4.38.